The van der Waals surface area contributed by atoms with E-state index in [1.54, 1.807) is 6.92 Å². The molecule has 0 amide bonds. The van der Waals surface area contributed by atoms with E-state index in [0.29, 0.717) is 6.42 Å². The van der Waals surface area contributed by atoms with Crippen LogP contribution in [0.2, 0.25) is 0 Å². The maximum Gasteiger partial charge on any atom is 0.303 e. The minimum absolute atomic E-state index is 0.0748. The molecule has 0 aromatic rings. The highest BCUT2D eigenvalue weighted by molar-refractivity contribution is 5.86. The van der Waals surface area contributed by atoms with Crippen LogP contribution in [0.1, 0.15) is 59.8 Å². The molecule has 0 aromatic carbocycles. The standard InChI is InChI=1S/C12H22O3/c1-5-6-7-8-9-12(4,10(2)13)15-11(3)14/h5-9H2,1-4H3/t12-/m0/s1. The van der Waals surface area contributed by atoms with Crippen molar-refractivity contribution in [3.05, 3.63) is 0 Å². The van der Waals surface area contributed by atoms with Crippen molar-refractivity contribution in [3.63, 3.8) is 0 Å². The monoisotopic (exact) mass is 214 g/mol. The van der Waals surface area contributed by atoms with Gasteiger partial charge in [0, 0.05) is 6.92 Å². The van der Waals surface area contributed by atoms with E-state index in [9.17, 15) is 9.59 Å². The smallest absolute Gasteiger partial charge is 0.303 e. The lowest BCUT2D eigenvalue weighted by Gasteiger charge is -2.26. The van der Waals surface area contributed by atoms with Crippen molar-refractivity contribution in [2.75, 3.05) is 0 Å². The van der Waals surface area contributed by atoms with E-state index in [1.165, 1.54) is 13.8 Å². The zero-order valence-electron chi connectivity index (χ0n) is 10.3. The van der Waals surface area contributed by atoms with Gasteiger partial charge in [0.1, 0.15) is 0 Å². The number of unbranched alkanes of at least 4 members (excludes halogenated alkanes) is 3. The Kier molecular flexibility index (Phi) is 6.21. The van der Waals surface area contributed by atoms with Gasteiger partial charge in [-0.3, -0.25) is 9.59 Å². The first-order chi connectivity index (χ1) is 6.92. The first-order valence-corrected chi connectivity index (χ1v) is 5.63. The molecule has 15 heavy (non-hydrogen) atoms. The molecule has 0 aromatic heterocycles. The van der Waals surface area contributed by atoms with Crippen molar-refractivity contribution in [3.8, 4) is 0 Å². The highest BCUT2D eigenvalue weighted by atomic mass is 16.6. The number of esters is 1. The molecular formula is C12H22O3. The summed E-state index contributed by atoms with van der Waals surface area (Å²) in [5, 5.41) is 0. The molecule has 3 heteroatoms. The molecular weight excluding hydrogens is 192 g/mol. The number of ketones is 1. The van der Waals surface area contributed by atoms with Gasteiger partial charge in [-0.05, 0) is 26.7 Å². The van der Waals surface area contributed by atoms with Gasteiger partial charge in [-0.15, -0.1) is 0 Å². The molecule has 88 valence electrons. The highest BCUT2D eigenvalue weighted by Gasteiger charge is 2.32. The SMILES string of the molecule is CCCCCC[C@](C)(OC(C)=O)C(C)=O. The first kappa shape index (κ1) is 14.1. The normalized spacial score (nSPS) is 14.4. The van der Waals surface area contributed by atoms with Gasteiger partial charge < -0.3 is 4.74 Å². The predicted octanol–water partition coefficient (Wildman–Crippen LogP) is 2.87. The number of hydrogen-bond donors (Lipinski definition) is 0. The third-order valence-electron chi connectivity index (χ3n) is 2.62. The number of Topliss-reactive ketones (excluding diaryl/α,β-unsaturated/α-hetero) is 1. The maximum atomic E-state index is 11.4. The summed E-state index contributed by atoms with van der Waals surface area (Å²) in [6.45, 7) is 6.65. The third kappa shape index (κ3) is 5.55. The molecule has 0 rings (SSSR count). The van der Waals surface area contributed by atoms with Crippen molar-refractivity contribution in [1.29, 1.82) is 0 Å². The summed E-state index contributed by atoms with van der Waals surface area (Å²) in [6, 6.07) is 0. The van der Waals surface area contributed by atoms with Crippen LogP contribution in [-0.4, -0.2) is 17.4 Å². The van der Waals surface area contributed by atoms with Gasteiger partial charge in [0.2, 0.25) is 0 Å². The summed E-state index contributed by atoms with van der Waals surface area (Å²) in [7, 11) is 0. The third-order valence-corrected chi connectivity index (χ3v) is 2.62. The molecule has 0 spiro atoms. The van der Waals surface area contributed by atoms with E-state index in [2.05, 4.69) is 6.92 Å². The first-order valence-electron chi connectivity index (χ1n) is 5.63. The van der Waals surface area contributed by atoms with Crippen molar-refractivity contribution >= 4 is 11.8 Å². The van der Waals surface area contributed by atoms with Gasteiger partial charge in [-0.2, -0.15) is 0 Å². The molecule has 0 saturated heterocycles. The largest absolute Gasteiger partial charge is 0.452 e. The van der Waals surface area contributed by atoms with Crippen LogP contribution in [0, 0.1) is 0 Å². The Morgan fingerprint density at radius 2 is 1.73 bits per heavy atom. The molecule has 0 radical (unpaired) electrons. The van der Waals surface area contributed by atoms with Crippen molar-refractivity contribution in [2.24, 2.45) is 0 Å². The number of carbonyl (C=O) groups excluding carboxylic acids is 2. The van der Waals surface area contributed by atoms with Crippen LogP contribution in [0.3, 0.4) is 0 Å². The molecule has 0 fully saturated rings. The van der Waals surface area contributed by atoms with Gasteiger partial charge in [-0.25, -0.2) is 0 Å². The zero-order chi connectivity index (χ0) is 11.9. The molecule has 0 N–H and O–H groups in total. The lowest BCUT2D eigenvalue weighted by atomic mass is 9.94. The van der Waals surface area contributed by atoms with E-state index in [1.807, 2.05) is 0 Å². The molecule has 0 saturated carbocycles. The summed E-state index contributed by atoms with van der Waals surface area (Å²) in [5.41, 5.74) is -0.917. The highest BCUT2D eigenvalue weighted by Crippen LogP contribution is 2.21. The van der Waals surface area contributed by atoms with Crippen molar-refractivity contribution < 1.29 is 14.3 Å². The summed E-state index contributed by atoms with van der Waals surface area (Å²) in [5.74, 6) is -0.461. The van der Waals surface area contributed by atoms with Gasteiger partial charge in [0.05, 0.1) is 0 Å². The lowest BCUT2D eigenvalue weighted by Crippen LogP contribution is -2.38. The fourth-order valence-corrected chi connectivity index (χ4v) is 1.51. The Morgan fingerprint density at radius 1 is 1.13 bits per heavy atom. The van der Waals surface area contributed by atoms with Crippen LogP contribution in [0.5, 0.6) is 0 Å². The average Bonchev–Trinajstić information content (AvgIpc) is 2.11. The second-order valence-electron chi connectivity index (χ2n) is 4.19. The molecule has 0 aliphatic heterocycles. The average molecular weight is 214 g/mol. The van der Waals surface area contributed by atoms with E-state index in [4.69, 9.17) is 4.74 Å². The Labute approximate surface area is 92.2 Å². The number of hydrogen-bond acceptors (Lipinski definition) is 3. The number of rotatable bonds is 7. The second kappa shape index (κ2) is 6.59. The maximum absolute atomic E-state index is 11.4. The van der Waals surface area contributed by atoms with E-state index < -0.39 is 5.60 Å². The molecule has 0 aliphatic carbocycles. The van der Waals surface area contributed by atoms with Crippen LogP contribution in [0.15, 0.2) is 0 Å². The van der Waals surface area contributed by atoms with Crippen LogP contribution < -0.4 is 0 Å². The predicted molar refractivity (Wildman–Crippen MR) is 59.6 cm³/mol. The minimum atomic E-state index is -0.917. The fraction of sp³-hybridized carbons (Fsp3) is 0.833. The number of carbonyl (C=O) groups is 2. The Morgan fingerprint density at radius 3 is 2.13 bits per heavy atom. The second-order valence-corrected chi connectivity index (χ2v) is 4.19. The molecule has 0 heterocycles. The summed E-state index contributed by atoms with van der Waals surface area (Å²) >= 11 is 0. The van der Waals surface area contributed by atoms with E-state index >= 15 is 0 Å². The van der Waals surface area contributed by atoms with Crippen molar-refractivity contribution in [1.82, 2.24) is 0 Å². The van der Waals surface area contributed by atoms with Gasteiger partial charge >= 0.3 is 5.97 Å². The van der Waals surface area contributed by atoms with E-state index in [0.717, 1.165) is 25.7 Å². The Hall–Kier alpha value is -0.860. The van der Waals surface area contributed by atoms with Crippen LogP contribution in [0.25, 0.3) is 0 Å². The Bertz CT molecular complexity index is 223. The number of ether oxygens (including phenoxy) is 1. The molecule has 0 unspecified atom stereocenters. The molecule has 0 aliphatic rings. The van der Waals surface area contributed by atoms with Crippen LogP contribution in [-0.2, 0) is 14.3 Å². The summed E-state index contributed by atoms with van der Waals surface area (Å²) < 4.78 is 5.09. The topological polar surface area (TPSA) is 43.4 Å². The lowest BCUT2D eigenvalue weighted by molar-refractivity contribution is -0.163. The molecule has 3 nitrogen and oxygen atoms in total. The minimum Gasteiger partial charge on any atom is -0.452 e. The fourth-order valence-electron chi connectivity index (χ4n) is 1.51. The zero-order valence-corrected chi connectivity index (χ0v) is 10.3. The van der Waals surface area contributed by atoms with Gasteiger partial charge in [0.15, 0.2) is 11.4 Å². The molecule has 0 bridgehead atoms. The van der Waals surface area contributed by atoms with Crippen LogP contribution >= 0.6 is 0 Å². The quantitative estimate of drug-likeness (QED) is 0.483. The van der Waals surface area contributed by atoms with Crippen molar-refractivity contribution in [2.45, 2.75) is 65.4 Å². The summed E-state index contributed by atoms with van der Waals surface area (Å²) in [4.78, 5) is 22.3. The molecule has 1 atom stereocenters. The van der Waals surface area contributed by atoms with E-state index in [-0.39, 0.29) is 11.8 Å². The Balaban J connectivity index is 4.14. The van der Waals surface area contributed by atoms with Gasteiger partial charge in [-0.1, -0.05) is 26.2 Å². The van der Waals surface area contributed by atoms with Crippen LogP contribution in [0.4, 0.5) is 0 Å². The summed E-state index contributed by atoms with van der Waals surface area (Å²) in [6.07, 6.45) is 4.96. The van der Waals surface area contributed by atoms with Gasteiger partial charge in [0.25, 0.3) is 0 Å².